The van der Waals surface area contributed by atoms with Gasteiger partial charge in [-0.2, -0.15) is 0 Å². The molecule has 0 bridgehead atoms. The second kappa shape index (κ2) is 20.6. The van der Waals surface area contributed by atoms with Crippen molar-refractivity contribution in [3.63, 3.8) is 0 Å². The zero-order chi connectivity index (χ0) is 58.5. The summed E-state index contributed by atoms with van der Waals surface area (Å²) in [5.41, 5.74) is 21.2. The Morgan fingerprint density at radius 2 is 0.776 bits per heavy atom. The molecule has 0 unspecified atom stereocenters. The topological polar surface area (TPSA) is 32.8 Å². The number of benzene rings is 11. The number of hydrogen-bond acceptors (Lipinski definition) is 4. The molecule has 2 aromatic heterocycles. The van der Waals surface area contributed by atoms with Gasteiger partial charge in [0.05, 0.1) is 22.5 Å². The summed E-state index contributed by atoms with van der Waals surface area (Å²) in [5, 5.41) is 6.81. The Morgan fingerprint density at radius 1 is 0.365 bits per heavy atom. The molecule has 11 aromatic carbocycles. The quantitative estimate of drug-likeness (QED) is 0.109. The highest BCUT2D eigenvalue weighted by Crippen LogP contribution is 2.61. The molecule has 420 valence electrons. The van der Waals surface area contributed by atoms with E-state index in [2.05, 4.69) is 310 Å². The predicted molar refractivity (Wildman–Crippen MR) is 360 cm³/mol. The molecule has 2 heterocycles. The van der Waals surface area contributed by atoms with Crippen molar-refractivity contribution in [3.05, 3.63) is 275 Å². The highest BCUT2D eigenvalue weighted by Gasteiger charge is 2.48. The number of furan rings is 2. The maximum absolute atomic E-state index is 7.37. The van der Waals surface area contributed by atoms with E-state index >= 15 is 0 Å². The third-order valence-corrected chi connectivity index (χ3v) is 19.4. The first-order chi connectivity index (χ1) is 41.2. The zero-order valence-corrected chi connectivity index (χ0v) is 50.7. The van der Waals surface area contributed by atoms with Crippen LogP contribution in [0.3, 0.4) is 0 Å². The average molecular weight is 1110 g/mol. The Labute approximate surface area is 501 Å². The molecule has 0 saturated heterocycles. The molecular formula is C81H74N2O2. The van der Waals surface area contributed by atoms with Gasteiger partial charge in [0, 0.05) is 55.1 Å². The Balaban J connectivity index is 1.07. The fraction of sp³-hybridized carbons (Fsp3) is 0.210. The largest absolute Gasteiger partial charge is 0.454 e. The smallest absolute Gasteiger partial charge is 0.159 e. The summed E-state index contributed by atoms with van der Waals surface area (Å²) < 4.78 is 14.7. The van der Waals surface area contributed by atoms with Crippen molar-refractivity contribution in [2.45, 2.75) is 110 Å². The molecule has 0 N–H and O–H groups in total. The number of nitrogens with zero attached hydrogens (tertiary/aromatic N) is 2. The molecule has 4 heteroatoms. The van der Waals surface area contributed by atoms with Gasteiger partial charge in [-0.05, 0) is 140 Å². The van der Waals surface area contributed by atoms with Crippen LogP contribution >= 0.6 is 0 Å². The second-order valence-corrected chi connectivity index (χ2v) is 25.6. The molecule has 0 aliphatic heterocycles. The fourth-order valence-electron chi connectivity index (χ4n) is 13.9. The van der Waals surface area contributed by atoms with Gasteiger partial charge in [0.1, 0.15) is 11.2 Å². The molecule has 1 aliphatic rings. The summed E-state index contributed by atoms with van der Waals surface area (Å²) in [6.45, 7) is 22.9. The minimum absolute atomic E-state index is 0.0803. The maximum atomic E-state index is 7.37. The lowest BCUT2D eigenvalue weighted by Crippen LogP contribution is -2.29. The van der Waals surface area contributed by atoms with E-state index in [9.17, 15) is 0 Å². The van der Waals surface area contributed by atoms with E-state index in [4.69, 9.17) is 8.83 Å². The summed E-state index contributed by atoms with van der Waals surface area (Å²) in [4.78, 5) is 4.93. The van der Waals surface area contributed by atoms with Gasteiger partial charge in [0.25, 0.3) is 0 Å². The molecule has 1 aliphatic carbocycles. The molecule has 85 heavy (non-hydrogen) atoms. The first kappa shape index (κ1) is 53.9. The number of fused-ring (bicyclic) bond motifs is 11. The average Bonchev–Trinajstić information content (AvgIpc) is 1.59. The molecule has 0 radical (unpaired) electrons. The van der Waals surface area contributed by atoms with E-state index in [0.29, 0.717) is 11.8 Å². The number of rotatable bonds is 14. The molecular weight excluding hydrogens is 1030 g/mol. The monoisotopic (exact) mass is 1110 g/mol. The molecule has 0 fully saturated rings. The van der Waals surface area contributed by atoms with E-state index in [1.54, 1.807) is 0 Å². The van der Waals surface area contributed by atoms with Crippen molar-refractivity contribution in [1.82, 2.24) is 0 Å². The van der Waals surface area contributed by atoms with Crippen LogP contribution in [0.4, 0.5) is 34.1 Å². The predicted octanol–water partition coefficient (Wildman–Crippen LogP) is 23.6. The Bertz CT molecular complexity index is 4630. The van der Waals surface area contributed by atoms with E-state index in [1.165, 1.54) is 61.0 Å². The van der Waals surface area contributed by atoms with Crippen molar-refractivity contribution in [2.24, 2.45) is 0 Å². The normalized spacial score (nSPS) is 13.2. The van der Waals surface area contributed by atoms with Crippen LogP contribution in [0, 0.1) is 0 Å². The van der Waals surface area contributed by atoms with Gasteiger partial charge in [-0.25, -0.2) is 0 Å². The summed E-state index contributed by atoms with van der Waals surface area (Å²) in [5.74, 6) is 0.751. The van der Waals surface area contributed by atoms with E-state index in [0.717, 1.165) is 96.2 Å². The number of para-hydroxylation sites is 4. The van der Waals surface area contributed by atoms with Gasteiger partial charge >= 0.3 is 0 Å². The van der Waals surface area contributed by atoms with Crippen molar-refractivity contribution in [1.29, 1.82) is 0 Å². The van der Waals surface area contributed by atoms with Gasteiger partial charge < -0.3 is 18.6 Å². The number of hydrogen-bond donors (Lipinski definition) is 0. The highest BCUT2D eigenvalue weighted by molar-refractivity contribution is 6.16. The SMILES string of the molecule is CCC(C)(C)c1cccc2c1oc1c(N(c3ccc(C(C)C)cc3)c3ccc4c(c3)C(c3ccccc3)(c3ccccc3)c3cc(N(c5ccc(C(C)C)cc5)c5cccc6c5oc5c(C(C)(C)CC)cccc56)c5ccccc5c3-4)cccc12. The molecule has 13 aromatic rings. The summed E-state index contributed by atoms with van der Waals surface area (Å²) in [7, 11) is 0. The van der Waals surface area contributed by atoms with Crippen molar-refractivity contribution in [2.75, 3.05) is 9.80 Å². The van der Waals surface area contributed by atoms with Crippen LogP contribution in [0.1, 0.15) is 138 Å². The van der Waals surface area contributed by atoms with Crippen molar-refractivity contribution < 1.29 is 8.83 Å². The number of anilines is 6. The standard InChI is InChI=1S/C81H74N2O2/c1-11-79(7,8)67-35-21-31-62-64-33-23-37-71(77(64)84-75(62)67)82(57-43-39-53(40-44-57)51(3)4)59-47-48-66-69(49-59)81(55-25-15-13-16-26-55,56-27-17-14-18-28-56)70-50-73(60-29-19-20-30-61(60)74(66)70)83(58-45-41-54(42-46-58)52(5)6)72-38-24-34-65-63-32-22-36-68(80(9,10)12-2)76(63)85-78(65)72/h13-52H,11-12H2,1-10H3. The van der Waals surface area contributed by atoms with Crippen molar-refractivity contribution in [3.8, 4) is 11.1 Å². The second-order valence-electron chi connectivity index (χ2n) is 25.6. The van der Waals surface area contributed by atoms with E-state index in [-0.39, 0.29) is 10.8 Å². The molecule has 14 rings (SSSR count). The summed E-state index contributed by atoms with van der Waals surface area (Å²) >= 11 is 0. The third-order valence-electron chi connectivity index (χ3n) is 19.4. The van der Waals surface area contributed by atoms with E-state index in [1.807, 2.05) is 0 Å². The molecule has 0 spiro atoms. The summed E-state index contributed by atoms with van der Waals surface area (Å²) in [6, 6.07) is 86.5. The van der Waals surface area contributed by atoms with Gasteiger partial charge in [0.15, 0.2) is 11.2 Å². The Morgan fingerprint density at radius 3 is 1.26 bits per heavy atom. The van der Waals surface area contributed by atoms with Gasteiger partial charge in [0.2, 0.25) is 0 Å². The van der Waals surface area contributed by atoms with Gasteiger partial charge in [-0.1, -0.05) is 245 Å². The molecule has 0 saturated carbocycles. The van der Waals surface area contributed by atoms with Crippen LogP contribution in [-0.2, 0) is 16.2 Å². The van der Waals surface area contributed by atoms with Gasteiger partial charge in [-0.3, -0.25) is 0 Å². The zero-order valence-electron chi connectivity index (χ0n) is 50.7. The maximum Gasteiger partial charge on any atom is 0.159 e. The third kappa shape index (κ3) is 8.46. The van der Waals surface area contributed by atoms with Crippen LogP contribution in [0.2, 0.25) is 0 Å². The Hall–Kier alpha value is -9.12. The van der Waals surface area contributed by atoms with Crippen LogP contribution in [0.25, 0.3) is 65.8 Å². The minimum Gasteiger partial charge on any atom is -0.454 e. The van der Waals surface area contributed by atoms with Crippen molar-refractivity contribution >= 4 is 88.8 Å². The summed E-state index contributed by atoms with van der Waals surface area (Å²) in [6.07, 6.45) is 1.97. The lowest BCUT2D eigenvalue weighted by molar-refractivity contribution is 0.500. The van der Waals surface area contributed by atoms with Crippen LogP contribution in [-0.4, -0.2) is 0 Å². The fourth-order valence-corrected chi connectivity index (χ4v) is 13.9. The van der Waals surface area contributed by atoms with Crippen LogP contribution in [0.15, 0.2) is 239 Å². The lowest BCUT2D eigenvalue weighted by Gasteiger charge is -2.36. The molecule has 0 atom stereocenters. The highest BCUT2D eigenvalue weighted by atomic mass is 16.3. The minimum atomic E-state index is -0.791. The lowest BCUT2D eigenvalue weighted by atomic mass is 9.67. The van der Waals surface area contributed by atoms with Crippen LogP contribution in [0.5, 0.6) is 0 Å². The van der Waals surface area contributed by atoms with Gasteiger partial charge in [-0.15, -0.1) is 0 Å². The van der Waals surface area contributed by atoms with E-state index < -0.39 is 5.41 Å². The first-order valence-electron chi connectivity index (χ1n) is 30.7. The molecule has 4 nitrogen and oxygen atoms in total. The first-order valence-corrected chi connectivity index (χ1v) is 30.7. The molecule has 0 amide bonds. The Kier molecular flexibility index (Phi) is 13.0. The van der Waals surface area contributed by atoms with Crippen LogP contribution < -0.4 is 9.80 Å².